The first-order valence-electron chi connectivity index (χ1n) is 14.2. The van der Waals surface area contributed by atoms with Crippen molar-refractivity contribution < 1.29 is 18.8 Å². The van der Waals surface area contributed by atoms with Gasteiger partial charge in [-0.3, -0.25) is 14.2 Å². The largest absolute Gasteiger partial charge is 0.444 e. The third-order valence-corrected chi connectivity index (χ3v) is 6.72. The molecule has 2 heterocycles. The number of carbonyl (C=O) groups is 2. The van der Waals surface area contributed by atoms with Gasteiger partial charge in [0.1, 0.15) is 16.8 Å². The molecule has 2 amide bonds. The first-order chi connectivity index (χ1) is 20.0. The summed E-state index contributed by atoms with van der Waals surface area (Å²) in [6.07, 6.45) is 1.08. The minimum absolute atomic E-state index is 0.0942. The van der Waals surface area contributed by atoms with Crippen molar-refractivity contribution >= 4 is 23.1 Å². The molecule has 0 spiro atoms. The number of amides is 2. The van der Waals surface area contributed by atoms with E-state index in [9.17, 15) is 14.4 Å². The molecule has 0 saturated carbocycles. The van der Waals surface area contributed by atoms with E-state index in [1.165, 1.54) is 0 Å². The van der Waals surface area contributed by atoms with Crippen LogP contribution in [-0.2, 0) is 17.7 Å². The Bertz CT molecular complexity index is 1570. The lowest BCUT2D eigenvalue weighted by Gasteiger charge is -2.24. The number of hydrogen-bond donors (Lipinski definition) is 1. The molecular formula is C32H39N5O5. The van der Waals surface area contributed by atoms with E-state index in [2.05, 4.69) is 15.5 Å². The smallest absolute Gasteiger partial charge is 0.407 e. The minimum atomic E-state index is -0.583. The number of ether oxygens (including phenoxy) is 1. The van der Waals surface area contributed by atoms with E-state index < -0.39 is 11.7 Å². The number of carbonyl (C=O) groups excluding carboxylic acids is 2. The van der Waals surface area contributed by atoms with Crippen molar-refractivity contribution in [3.63, 3.8) is 0 Å². The van der Waals surface area contributed by atoms with E-state index in [1.54, 1.807) is 16.4 Å². The molecule has 0 aliphatic heterocycles. The highest BCUT2D eigenvalue weighted by Gasteiger charge is 2.20. The molecule has 1 N–H and O–H groups in total. The number of hydrogen-bond acceptors (Lipinski definition) is 7. The van der Waals surface area contributed by atoms with Gasteiger partial charge in [-0.2, -0.15) is 4.98 Å². The monoisotopic (exact) mass is 573 g/mol. The average molecular weight is 574 g/mol. The van der Waals surface area contributed by atoms with Gasteiger partial charge in [-0.25, -0.2) is 4.79 Å². The second-order valence-corrected chi connectivity index (χ2v) is 11.4. The number of alkyl carbamates (subject to hydrolysis) is 1. The van der Waals surface area contributed by atoms with E-state index in [0.717, 1.165) is 11.1 Å². The van der Waals surface area contributed by atoms with Crippen molar-refractivity contribution in [2.45, 2.75) is 66.0 Å². The molecule has 0 aliphatic carbocycles. The zero-order valence-electron chi connectivity index (χ0n) is 25.0. The fourth-order valence-electron chi connectivity index (χ4n) is 4.63. The maximum absolute atomic E-state index is 13.5. The van der Waals surface area contributed by atoms with Crippen molar-refractivity contribution in [3.8, 4) is 0 Å². The Morgan fingerprint density at radius 1 is 1.00 bits per heavy atom. The molecule has 222 valence electrons. The molecule has 0 saturated heterocycles. The predicted molar refractivity (Wildman–Crippen MR) is 161 cm³/mol. The van der Waals surface area contributed by atoms with Crippen LogP contribution in [0.4, 0.5) is 4.79 Å². The van der Waals surface area contributed by atoms with Crippen LogP contribution in [0.15, 0.2) is 63.9 Å². The third-order valence-electron chi connectivity index (χ3n) is 6.72. The average Bonchev–Trinajstić information content (AvgIpc) is 3.32. The Hall–Kier alpha value is -4.47. The van der Waals surface area contributed by atoms with Crippen LogP contribution in [-0.4, -0.2) is 56.8 Å². The van der Waals surface area contributed by atoms with Crippen molar-refractivity contribution in [2.75, 3.05) is 19.6 Å². The predicted octanol–water partition coefficient (Wildman–Crippen LogP) is 5.04. The Morgan fingerprint density at radius 2 is 1.69 bits per heavy atom. The van der Waals surface area contributed by atoms with Gasteiger partial charge in [0.25, 0.3) is 17.2 Å². The van der Waals surface area contributed by atoms with Crippen LogP contribution in [0.3, 0.4) is 0 Å². The molecule has 0 radical (unpaired) electrons. The van der Waals surface area contributed by atoms with Crippen LogP contribution in [0, 0.1) is 13.8 Å². The molecule has 42 heavy (non-hydrogen) atoms. The molecule has 2 aromatic heterocycles. The summed E-state index contributed by atoms with van der Waals surface area (Å²) in [4.78, 5) is 45.4. The standard InChI is InChI=1S/C32H39N5O5/c1-22-14-16-25(17-15-22)29(38)36(20-10-18-33-31(40)41-32(3,4)5)19-9-13-26-34-28-27(23(2)35-42-28)30(39)37(26)21-24-11-7-6-8-12-24/h6-8,11-12,14-17H,9-10,13,18-21H2,1-5H3,(H,33,40). The van der Waals surface area contributed by atoms with Gasteiger partial charge in [0.05, 0.1) is 12.2 Å². The molecule has 0 aliphatic rings. The zero-order valence-corrected chi connectivity index (χ0v) is 25.0. The van der Waals surface area contributed by atoms with Gasteiger partial charge in [0.2, 0.25) is 0 Å². The normalized spacial score (nSPS) is 11.5. The first-order valence-corrected chi connectivity index (χ1v) is 14.2. The second-order valence-electron chi connectivity index (χ2n) is 11.4. The van der Waals surface area contributed by atoms with Gasteiger partial charge in [-0.1, -0.05) is 53.2 Å². The van der Waals surface area contributed by atoms with E-state index in [0.29, 0.717) is 67.9 Å². The molecule has 10 nitrogen and oxygen atoms in total. The van der Waals surface area contributed by atoms with E-state index in [1.807, 2.05) is 82.3 Å². The Kier molecular flexibility index (Phi) is 9.77. The summed E-state index contributed by atoms with van der Waals surface area (Å²) in [6, 6.07) is 17.2. The van der Waals surface area contributed by atoms with Gasteiger partial charge in [0.15, 0.2) is 0 Å². The van der Waals surface area contributed by atoms with Crippen molar-refractivity contribution in [2.24, 2.45) is 0 Å². The summed E-state index contributed by atoms with van der Waals surface area (Å²) in [7, 11) is 0. The molecule has 10 heteroatoms. The maximum Gasteiger partial charge on any atom is 0.407 e. The SMILES string of the molecule is Cc1ccc(C(=O)N(CCCNC(=O)OC(C)(C)C)CCCc2nc3onc(C)c3c(=O)n2Cc2ccccc2)cc1. The summed E-state index contributed by atoms with van der Waals surface area (Å²) in [6.45, 7) is 10.7. The first kappa shape index (κ1) is 30.5. The maximum atomic E-state index is 13.5. The molecule has 4 aromatic rings. The molecule has 4 rings (SSSR count). The zero-order chi connectivity index (χ0) is 30.3. The Morgan fingerprint density at radius 3 is 2.38 bits per heavy atom. The van der Waals surface area contributed by atoms with Crippen molar-refractivity contribution in [1.82, 2.24) is 24.9 Å². The fraction of sp³-hybridized carbons (Fsp3) is 0.406. The molecule has 0 fully saturated rings. The number of aromatic nitrogens is 3. The van der Waals surface area contributed by atoms with Gasteiger partial charge >= 0.3 is 6.09 Å². The topological polar surface area (TPSA) is 120 Å². The number of benzene rings is 2. The summed E-state index contributed by atoms with van der Waals surface area (Å²) in [5, 5.41) is 7.08. The van der Waals surface area contributed by atoms with E-state index in [4.69, 9.17) is 9.26 Å². The number of aryl methyl sites for hydroxylation is 3. The van der Waals surface area contributed by atoms with Crippen LogP contribution < -0.4 is 10.9 Å². The van der Waals surface area contributed by atoms with Crippen LogP contribution in [0.1, 0.15) is 66.6 Å². The van der Waals surface area contributed by atoms with Crippen LogP contribution in [0.5, 0.6) is 0 Å². The summed E-state index contributed by atoms with van der Waals surface area (Å²) < 4.78 is 12.3. The molecule has 0 unspecified atom stereocenters. The van der Waals surface area contributed by atoms with Gasteiger partial charge in [-0.15, -0.1) is 0 Å². The van der Waals surface area contributed by atoms with Crippen LogP contribution in [0.2, 0.25) is 0 Å². The van der Waals surface area contributed by atoms with E-state index in [-0.39, 0.29) is 17.2 Å². The Labute approximate surface area is 245 Å². The third kappa shape index (κ3) is 8.05. The highest BCUT2D eigenvalue weighted by molar-refractivity contribution is 5.94. The van der Waals surface area contributed by atoms with Gasteiger partial charge < -0.3 is 19.5 Å². The molecule has 2 aromatic carbocycles. The fourth-order valence-corrected chi connectivity index (χ4v) is 4.63. The second kappa shape index (κ2) is 13.5. The molecular weight excluding hydrogens is 534 g/mol. The lowest BCUT2D eigenvalue weighted by molar-refractivity contribution is 0.0525. The summed E-state index contributed by atoms with van der Waals surface area (Å²) in [5.41, 5.74) is 2.59. The minimum Gasteiger partial charge on any atom is -0.444 e. The van der Waals surface area contributed by atoms with Crippen molar-refractivity contribution in [3.05, 3.63) is 93.2 Å². The highest BCUT2D eigenvalue weighted by Crippen LogP contribution is 2.16. The van der Waals surface area contributed by atoms with Crippen molar-refractivity contribution in [1.29, 1.82) is 0 Å². The van der Waals surface area contributed by atoms with Crippen LogP contribution in [0.25, 0.3) is 11.1 Å². The van der Waals surface area contributed by atoms with Crippen LogP contribution >= 0.6 is 0 Å². The number of nitrogens with one attached hydrogen (secondary N) is 1. The summed E-state index contributed by atoms with van der Waals surface area (Å²) in [5.74, 6) is 0.477. The quantitative estimate of drug-likeness (QED) is 0.250. The number of nitrogens with zero attached hydrogens (tertiary/aromatic N) is 4. The highest BCUT2D eigenvalue weighted by atomic mass is 16.6. The molecule has 0 atom stereocenters. The Balaban J connectivity index is 1.49. The number of fused-ring (bicyclic) bond motifs is 1. The number of rotatable bonds is 11. The lowest BCUT2D eigenvalue weighted by atomic mass is 10.1. The van der Waals surface area contributed by atoms with Gasteiger partial charge in [0, 0.05) is 31.6 Å². The van der Waals surface area contributed by atoms with Gasteiger partial charge in [-0.05, 0) is 65.2 Å². The lowest BCUT2D eigenvalue weighted by Crippen LogP contribution is -2.37. The summed E-state index contributed by atoms with van der Waals surface area (Å²) >= 11 is 0. The van der Waals surface area contributed by atoms with E-state index >= 15 is 0 Å². The molecule has 0 bridgehead atoms.